The first-order valence-electron chi connectivity index (χ1n) is 10.6. The second kappa shape index (κ2) is 9.58. The summed E-state index contributed by atoms with van der Waals surface area (Å²) in [5.41, 5.74) is 2.88. The minimum absolute atomic E-state index is 0.180. The summed E-state index contributed by atoms with van der Waals surface area (Å²) in [6.45, 7) is 1.54. The van der Waals surface area contributed by atoms with Crippen LogP contribution in [0.3, 0.4) is 0 Å². The number of rotatable bonds is 8. The van der Waals surface area contributed by atoms with Gasteiger partial charge >= 0.3 is 0 Å². The molecule has 0 radical (unpaired) electrons. The van der Waals surface area contributed by atoms with Crippen LogP contribution in [0.25, 0.3) is 22.7 Å². The van der Waals surface area contributed by atoms with Crippen LogP contribution in [0.5, 0.6) is 5.75 Å². The highest BCUT2D eigenvalue weighted by molar-refractivity contribution is 7.98. The molecule has 0 amide bonds. The molecule has 32 heavy (non-hydrogen) atoms. The fourth-order valence-corrected chi connectivity index (χ4v) is 4.59. The summed E-state index contributed by atoms with van der Waals surface area (Å²) >= 11 is 1.60. The number of hydrogen-bond acceptors (Lipinski definition) is 7. The molecular formula is C24H24N4O3S. The zero-order valence-corrected chi connectivity index (χ0v) is 18.6. The topological polar surface area (TPSA) is 75.2 Å². The maximum absolute atomic E-state index is 5.89. The van der Waals surface area contributed by atoms with E-state index in [0.717, 1.165) is 65.3 Å². The number of thioether (sulfide) groups is 1. The molecule has 0 aliphatic carbocycles. The van der Waals surface area contributed by atoms with E-state index in [1.54, 1.807) is 18.9 Å². The summed E-state index contributed by atoms with van der Waals surface area (Å²) in [5.74, 6) is 3.05. The van der Waals surface area contributed by atoms with Crippen LogP contribution in [0, 0.1) is 0 Å². The summed E-state index contributed by atoms with van der Waals surface area (Å²) < 4.78 is 18.9. The van der Waals surface area contributed by atoms with Crippen molar-refractivity contribution in [3.63, 3.8) is 0 Å². The molecule has 1 atom stereocenters. The fourth-order valence-electron chi connectivity index (χ4n) is 3.76. The highest BCUT2D eigenvalue weighted by Gasteiger charge is 2.22. The molecule has 0 bridgehead atoms. The molecule has 3 heterocycles. The van der Waals surface area contributed by atoms with E-state index in [2.05, 4.69) is 19.9 Å². The minimum Gasteiger partial charge on any atom is -0.497 e. The Hall–Kier alpha value is -3.10. The molecule has 1 aliphatic heterocycles. The lowest BCUT2D eigenvalue weighted by Crippen LogP contribution is -2.16. The Morgan fingerprint density at radius 2 is 1.91 bits per heavy atom. The minimum atomic E-state index is 0.180. The van der Waals surface area contributed by atoms with Gasteiger partial charge in [-0.05, 0) is 37.1 Å². The molecule has 8 heteroatoms. The van der Waals surface area contributed by atoms with Crippen molar-refractivity contribution in [2.45, 2.75) is 36.4 Å². The molecule has 7 nitrogen and oxygen atoms in total. The molecule has 0 spiro atoms. The van der Waals surface area contributed by atoms with Crippen molar-refractivity contribution in [1.82, 2.24) is 19.9 Å². The smallest absolute Gasteiger partial charge is 0.191 e. The number of benzene rings is 2. The lowest BCUT2D eigenvalue weighted by atomic mass is 10.2. The Bertz CT molecular complexity index is 1150. The monoisotopic (exact) mass is 448 g/mol. The molecule has 5 rings (SSSR count). The van der Waals surface area contributed by atoms with Crippen LogP contribution >= 0.6 is 11.8 Å². The molecule has 0 unspecified atom stereocenters. The van der Waals surface area contributed by atoms with Crippen molar-refractivity contribution >= 4 is 11.8 Å². The molecule has 1 aliphatic rings. The molecule has 4 aromatic rings. The summed E-state index contributed by atoms with van der Waals surface area (Å²) in [5, 5.41) is 14.1. The van der Waals surface area contributed by atoms with E-state index in [1.165, 1.54) is 0 Å². The van der Waals surface area contributed by atoms with Gasteiger partial charge in [0.25, 0.3) is 0 Å². The summed E-state index contributed by atoms with van der Waals surface area (Å²) in [6, 6.07) is 19.8. The second-order valence-electron chi connectivity index (χ2n) is 7.62. The van der Waals surface area contributed by atoms with Crippen LogP contribution in [0.2, 0.25) is 0 Å². The van der Waals surface area contributed by atoms with Crippen LogP contribution in [-0.2, 0) is 17.0 Å². The van der Waals surface area contributed by atoms with Gasteiger partial charge in [-0.2, -0.15) is 0 Å². The molecular weight excluding hydrogens is 424 g/mol. The largest absolute Gasteiger partial charge is 0.497 e. The Morgan fingerprint density at radius 1 is 1.06 bits per heavy atom. The van der Waals surface area contributed by atoms with Crippen molar-refractivity contribution in [3.8, 4) is 28.5 Å². The molecule has 1 saturated heterocycles. The van der Waals surface area contributed by atoms with Gasteiger partial charge in [-0.1, -0.05) is 47.3 Å². The van der Waals surface area contributed by atoms with Crippen molar-refractivity contribution in [1.29, 1.82) is 0 Å². The van der Waals surface area contributed by atoms with Gasteiger partial charge < -0.3 is 14.0 Å². The van der Waals surface area contributed by atoms with Gasteiger partial charge in [0.2, 0.25) is 0 Å². The number of ether oxygens (including phenoxy) is 2. The summed E-state index contributed by atoms with van der Waals surface area (Å²) in [6.07, 6.45) is 2.32. The van der Waals surface area contributed by atoms with E-state index in [9.17, 15) is 0 Å². The third-order valence-electron chi connectivity index (χ3n) is 5.44. The second-order valence-corrected chi connectivity index (χ2v) is 8.56. The molecule has 164 valence electrons. The quantitative estimate of drug-likeness (QED) is 0.348. The first-order valence-corrected chi connectivity index (χ1v) is 11.6. The molecule has 0 saturated carbocycles. The first-order chi connectivity index (χ1) is 15.8. The van der Waals surface area contributed by atoms with Gasteiger partial charge in [-0.15, -0.1) is 10.2 Å². The Kier molecular flexibility index (Phi) is 6.22. The number of hydrogen-bond donors (Lipinski definition) is 0. The van der Waals surface area contributed by atoms with Gasteiger partial charge in [-0.25, -0.2) is 0 Å². The van der Waals surface area contributed by atoms with Gasteiger partial charge in [0.05, 0.1) is 25.5 Å². The van der Waals surface area contributed by atoms with Crippen molar-refractivity contribution in [2.75, 3.05) is 13.7 Å². The van der Waals surface area contributed by atoms with E-state index in [0.29, 0.717) is 5.75 Å². The lowest BCUT2D eigenvalue weighted by Gasteiger charge is -2.14. The van der Waals surface area contributed by atoms with Crippen LogP contribution in [0.1, 0.15) is 18.5 Å². The third kappa shape index (κ3) is 4.56. The van der Waals surface area contributed by atoms with Crippen LogP contribution < -0.4 is 4.74 Å². The maximum Gasteiger partial charge on any atom is 0.191 e. The third-order valence-corrected chi connectivity index (χ3v) is 6.44. The van der Waals surface area contributed by atoms with E-state index < -0.39 is 0 Å². The van der Waals surface area contributed by atoms with Crippen molar-refractivity contribution in [3.05, 3.63) is 66.4 Å². The first kappa shape index (κ1) is 20.8. The molecule has 1 fully saturated rings. The zero-order chi connectivity index (χ0) is 21.8. The standard InChI is InChI=1S/C24H24N4O3S/c1-29-20-11-9-18(10-12-20)23-25-26-24(28(23)15-21-8-5-13-30-21)32-16-19-14-22(31-27-19)17-6-3-2-4-7-17/h2-4,6-7,9-12,14,21H,5,8,13,15-16H2,1H3/t21-/m1/s1. The van der Waals surface area contributed by atoms with E-state index >= 15 is 0 Å². The fraction of sp³-hybridized carbons (Fsp3) is 0.292. The average molecular weight is 449 g/mol. The SMILES string of the molecule is COc1ccc(-c2nnc(SCc3cc(-c4ccccc4)on3)n2C[C@H]2CCCO2)cc1. The van der Waals surface area contributed by atoms with Gasteiger partial charge in [-0.3, -0.25) is 4.57 Å². The molecule has 2 aromatic carbocycles. The van der Waals surface area contributed by atoms with Gasteiger partial charge in [0.1, 0.15) is 5.75 Å². The van der Waals surface area contributed by atoms with E-state index in [1.807, 2.05) is 60.7 Å². The summed E-state index contributed by atoms with van der Waals surface area (Å²) in [4.78, 5) is 0. The summed E-state index contributed by atoms with van der Waals surface area (Å²) in [7, 11) is 1.66. The van der Waals surface area contributed by atoms with Crippen LogP contribution in [0.4, 0.5) is 0 Å². The highest BCUT2D eigenvalue weighted by Crippen LogP contribution is 2.30. The van der Waals surface area contributed by atoms with E-state index in [4.69, 9.17) is 14.0 Å². The van der Waals surface area contributed by atoms with Gasteiger partial charge in [0.15, 0.2) is 16.7 Å². The number of nitrogens with zero attached hydrogens (tertiary/aromatic N) is 4. The lowest BCUT2D eigenvalue weighted by molar-refractivity contribution is 0.0953. The molecule has 0 N–H and O–H groups in total. The predicted octanol–water partition coefficient (Wildman–Crippen LogP) is 5.08. The number of methoxy groups -OCH3 is 1. The number of aromatic nitrogens is 4. The molecule has 2 aromatic heterocycles. The van der Waals surface area contributed by atoms with Crippen molar-refractivity contribution < 1.29 is 14.0 Å². The zero-order valence-electron chi connectivity index (χ0n) is 17.8. The van der Waals surface area contributed by atoms with Crippen LogP contribution in [-0.4, -0.2) is 39.7 Å². The normalized spacial score (nSPS) is 15.8. The van der Waals surface area contributed by atoms with Crippen LogP contribution in [0.15, 0.2) is 70.3 Å². The Labute approximate surface area is 190 Å². The maximum atomic E-state index is 5.89. The highest BCUT2D eigenvalue weighted by atomic mass is 32.2. The predicted molar refractivity (Wildman–Crippen MR) is 122 cm³/mol. The Morgan fingerprint density at radius 3 is 2.66 bits per heavy atom. The van der Waals surface area contributed by atoms with Gasteiger partial charge in [0, 0.05) is 29.6 Å². The van der Waals surface area contributed by atoms with E-state index in [-0.39, 0.29) is 6.10 Å². The van der Waals surface area contributed by atoms with Crippen molar-refractivity contribution in [2.24, 2.45) is 0 Å². The average Bonchev–Trinajstić information content (AvgIpc) is 3.61. The Balaban J connectivity index is 1.37.